The molecule has 2 saturated heterocycles. The highest BCUT2D eigenvalue weighted by Gasteiger charge is 2.41. The predicted octanol–water partition coefficient (Wildman–Crippen LogP) is 2.13. The van der Waals surface area contributed by atoms with E-state index in [0.717, 1.165) is 42.8 Å². The van der Waals surface area contributed by atoms with Crippen molar-refractivity contribution in [2.45, 2.75) is 50.7 Å². The van der Waals surface area contributed by atoms with E-state index < -0.39 is 17.8 Å². The molecule has 4 aliphatic heterocycles. The van der Waals surface area contributed by atoms with Crippen molar-refractivity contribution in [1.29, 1.82) is 0 Å². The summed E-state index contributed by atoms with van der Waals surface area (Å²) in [6, 6.07) is 5.95. The largest absolute Gasteiger partial charge is 0.484 e. The second kappa shape index (κ2) is 9.16. The van der Waals surface area contributed by atoms with Crippen molar-refractivity contribution in [3.63, 3.8) is 0 Å². The standard InChI is InChI=1S/C26H27FN4O5/c27-16-11-18(20-14-31(26(34)19(20)12-16)21-2-4-23(32)29-24(21)33)15-5-7-30(8-6-15)13-17-1-3-22-25(28-17)36-10-9-35-22/h1,3,11-12,15,21H,2,4-10,13-14H2,(H,29,32,33). The maximum atomic E-state index is 14.6. The molecule has 1 N–H and O–H groups in total. The number of aromatic nitrogens is 1. The Kier molecular flexibility index (Phi) is 5.83. The van der Waals surface area contributed by atoms with E-state index in [4.69, 9.17) is 9.47 Å². The highest BCUT2D eigenvalue weighted by atomic mass is 19.1. The molecular formula is C26H27FN4O5. The second-order valence-corrected chi connectivity index (χ2v) is 9.77. The third-order valence-corrected chi connectivity index (χ3v) is 7.53. The van der Waals surface area contributed by atoms with Crippen molar-refractivity contribution in [2.75, 3.05) is 26.3 Å². The number of carbonyl (C=O) groups excluding carboxylic acids is 3. The topological polar surface area (TPSA) is 101 Å². The van der Waals surface area contributed by atoms with Crippen LogP contribution in [0.3, 0.4) is 0 Å². The highest BCUT2D eigenvalue weighted by molar-refractivity contribution is 6.05. The van der Waals surface area contributed by atoms with Gasteiger partial charge in [-0.1, -0.05) is 0 Å². The molecule has 2 aromatic rings. The van der Waals surface area contributed by atoms with Crippen LogP contribution in [0.1, 0.15) is 58.8 Å². The van der Waals surface area contributed by atoms with Gasteiger partial charge in [0, 0.05) is 25.1 Å². The van der Waals surface area contributed by atoms with Crippen molar-refractivity contribution in [1.82, 2.24) is 20.1 Å². The van der Waals surface area contributed by atoms with Gasteiger partial charge in [0.05, 0.1) is 5.69 Å². The van der Waals surface area contributed by atoms with Crippen molar-refractivity contribution < 1.29 is 28.2 Å². The molecule has 0 bridgehead atoms. The maximum Gasteiger partial charge on any atom is 0.257 e. The zero-order valence-corrected chi connectivity index (χ0v) is 19.8. The highest BCUT2D eigenvalue weighted by Crippen LogP contribution is 2.38. The molecule has 9 nitrogen and oxygen atoms in total. The van der Waals surface area contributed by atoms with Gasteiger partial charge in [-0.2, -0.15) is 0 Å². The molecule has 1 aromatic carbocycles. The van der Waals surface area contributed by atoms with Crippen LogP contribution in [-0.4, -0.2) is 64.9 Å². The minimum absolute atomic E-state index is 0.119. The normalized spacial score (nSPS) is 22.5. The van der Waals surface area contributed by atoms with Gasteiger partial charge in [-0.15, -0.1) is 0 Å². The lowest BCUT2D eigenvalue weighted by molar-refractivity contribution is -0.136. The van der Waals surface area contributed by atoms with Gasteiger partial charge < -0.3 is 14.4 Å². The predicted molar refractivity (Wildman–Crippen MR) is 125 cm³/mol. The smallest absolute Gasteiger partial charge is 0.257 e. The molecule has 10 heteroatoms. The first-order valence-electron chi connectivity index (χ1n) is 12.4. The number of amides is 3. The van der Waals surface area contributed by atoms with Gasteiger partial charge in [0.15, 0.2) is 5.75 Å². The summed E-state index contributed by atoms with van der Waals surface area (Å²) in [5.41, 5.74) is 2.90. The van der Waals surface area contributed by atoms with Gasteiger partial charge in [0.25, 0.3) is 11.8 Å². The van der Waals surface area contributed by atoms with Crippen LogP contribution in [0, 0.1) is 5.82 Å². The van der Waals surface area contributed by atoms with Gasteiger partial charge in [0.1, 0.15) is 25.1 Å². The Labute approximate surface area is 207 Å². The Morgan fingerprint density at radius 1 is 1.06 bits per heavy atom. The summed E-state index contributed by atoms with van der Waals surface area (Å²) in [4.78, 5) is 45.4. The van der Waals surface area contributed by atoms with Crippen molar-refractivity contribution >= 4 is 17.7 Å². The number of benzene rings is 1. The molecule has 0 saturated carbocycles. The average Bonchev–Trinajstić information content (AvgIpc) is 3.20. The lowest BCUT2D eigenvalue weighted by atomic mass is 9.85. The van der Waals surface area contributed by atoms with E-state index >= 15 is 0 Å². The Morgan fingerprint density at radius 3 is 2.67 bits per heavy atom. The first-order chi connectivity index (χ1) is 17.5. The molecule has 3 amide bonds. The fraction of sp³-hybridized carbons (Fsp3) is 0.462. The van der Waals surface area contributed by atoms with Gasteiger partial charge in [-0.05, 0) is 73.7 Å². The van der Waals surface area contributed by atoms with E-state index in [1.807, 2.05) is 12.1 Å². The SMILES string of the molecule is O=C1CCC(N2Cc3c(cc(F)cc3C3CCN(Cc4ccc5c(n4)OCCO5)CC3)C2=O)C(=O)N1. The molecule has 188 valence electrons. The number of piperidine rings is 2. The number of rotatable bonds is 4. The summed E-state index contributed by atoms with van der Waals surface area (Å²) in [7, 11) is 0. The van der Waals surface area contributed by atoms with Crippen molar-refractivity contribution in [3.8, 4) is 11.6 Å². The van der Waals surface area contributed by atoms with Crippen molar-refractivity contribution in [3.05, 3.63) is 52.5 Å². The zero-order valence-electron chi connectivity index (χ0n) is 19.8. The third-order valence-electron chi connectivity index (χ3n) is 7.53. The van der Waals surface area contributed by atoms with E-state index in [-0.39, 0.29) is 37.1 Å². The number of halogens is 1. The summed E-state index contributed by atoms with van der Waals surface area (Å²) < 4.78 is 25.8. The Bertz CT molecular complexity index is 1240. The van der Waals surface area contributed by atoms with Crippen LogP contribution in [0.5, 0.6) is 11.6 Å². The Morgan fingerprint density at radius 2 is 1.86 bits per heavy atom. The number of ether oxygens (including phenoxy) is 2. The molecule has 0 aliphatic carbocycles. The van der Waals surface area contributed by atoms with Crippen molar-refractivity contribution in [2.24, 2.45) is 0 Å². The Hall–Kier alpha value is -3.53. The van der Waals surface area contributed by atoms with Crippen LogP contribution in [-0.2, 0) is 22.7 Å². The average molecular weight is 495 g/mol. The summed E-state index contributed by atoms with van der Waals surface area (Å²) in [6.45, 7) is 3.61. The molecule has 2 fully saturated rings. The number of nitrogens with one attached hydrogen (secondary N) is 1. The summed E-state index contributed by atoms with van der Waals surface area (Å²) in [5.74, 6) is -0.250. The van der Waals surface area contributed by atoms with Crippen LogP contribution < -0.4 is 14.8 Å². The minimum atomic E-state index is -0.709. The molecule has 1 aromatic heterocycles. The fourth-order valence-corrected chi connectivity index (χ4v) is 5.71. The van der Waals surface area contributed by atoms with Gasteiger partial charge >= 0.3 is 0 Å². The molecule has 0 spiro atoms. The van der Waals surface area contributed by atoms with Crippen LogP contribution in [0.4, 0.5) is 4.39 Å². The molecular weight excluding hydrogens is 467 g/mol. The number of carbonyl (C=O) groups is 3. The number of nitrogens with zero attached hydrogens (tertiary/aromatic N) is 3. The lowest BCUT2D eigenvalue weighted by Crippen LogP contribution is -2.52. The molecule has 36 heavy (non-hydrogen) atoms. The van der Waals surface area contributed by atoms with Crippen LogP contribution in [0.2, 0.25) is 0 Å². The number of hydrogen-bond donors (Lipinski definition) is 1. The van der Waals surface area contributed by atoms with Gasteiger partial charge in [-0.3, -0.25) is 24.6 Å². The number of pyridine rings is 1. The van der Waals surface area contributed by atoms with E-state index in [0.29, 0.717) is 37.0 Å². The van der Waals surface area contributed by atoms with Gasteiger partial charge in [0.2, 0.25) is 11.8 Å². The summed E-state index contributed by atoms with van der Waals surface area (Å²) >= 11 is 0. The lowest BCUT2D eigenvalue weighted by Gasteiger charge is -2.33. The molecule has 1 unspecified atom stereocenters. The Balaban J connectivity index is 1.15. The van der Waals surface area contributed by atoms with Crippen LogP contribution >= 0.6 is 0 Å². The summed E-state index contributed by atoms with van der Waals surface area (Å²) in [5, 5.41) is 2.31. The number of hydrogen-bond acceptors (Lipinski definition) is 7. The first kappa shape index (κ1) is 22.9. The third kappa shape index (κ3) is 4.19. The summed E-state index contributed by atoms with van der Waals surface area (Å²) in [6.07, 6.45) is 2.13. The van der Waals surface area contributed by atoms with Crippen LogP contribution in [0.15, 0.2) is 24.3 Å². The molecule has 4 aliphatic rings. The van der Waals surface area contributed by atoms with Crippen LogP contribution in [0.25, 0.3) is 0 Å². The molecule has 1 atom stereocenters. The number of imide groups is 1. The van der Waals surface area contributed by atoms with Gasteiger partial charge in [-0.25, -0.2) is 9.37 Å². The van der Waals surface area contributed by atoms with E-state index in [2.05, 4.69) is 15.2 Å². The monoisotopic (exact) mass is 494 g/mol. The van der Waals surface area contributed by atoms with E-state index in [1.165, 1.54) is 11.0 Å². The van der Waals surface area contributed by atoms with E-state index in [9.17, 15) is 18.8 Å². The number of fused-ring (bicyclic) bond motifs is 2. The minimum Gasteiger partial charge on any atom is -0.484 e. The maximum absolute atomic E-state index is 14.6. The molecule has 6 rings (SSSR count). The van der Waals surface area contributed by atoms with E-state index in [1.54, 1.807) is 6.07 Å². The zero-order chi connectivity index (χ0) is 24.8. The molecule has 0 radical (unpaired) electrons. The second-order valence-electron chi connectivity index (χ2n) is 9.77. The quantitative estimate of drug-likeness (QED) is 0.650. The molecule has 5 heterocycles. The first-order valence-corrected chi connectivity index (χ1v) is 12.4. The number of likely N-dealkylation sites (tertiary alicyclic amines) is 1. The fourth-order valence-electron chi connectivity index (χ4n) is 5.71.